The summed E-state index contributed by atoms with van der Waals surface area (Å²) >= 11 is 0. The number of benzene rings is 2. The van der Waals surface area contributed by atoms with Crippen LogP contribution in [0.15, 0.2) is 48.5 Å². The number of nitrogens with one attached hydrogen (secondary N) is 1. The smallest absolute Gasteiger partial charge is 0.357 e. The number of nitrogens with zero attached hydrogens (tertiary/aromatic N) is 5. The molecule has 2 aromatic heterocycles. The molecule has 0 aliphatic carbocycles. The van der Waals surface area contributed by atoms with E-state index in [0.29, 0.717) is 30.3 Å². The number of aryl methyl sites for hydroxylation is 1. The molecular weight excluding hydrogens is 512 g/mol. The van der Waals surface area contributed by atoms with Gasteiger partial charge in [0.05, 0.1) is 6.10 Å². The molecule has 4 aromatic rings. The first-order valence-electron chi connectivity index (χ1n) is 13.4. The number of aromatic nitrogens is 6. The quantitative estimate of drug-likeness (QED) is 0.284. The standard InChI is InChI=1S/C29H34N6O5/c1-5-8-24-30-26(29(3,4)37)25(28(36)38-16-23-18(2)39-17-40-23)35(24)15-19-11-13-20(14-12-19)21-9-6-7-10-22(21)27-31-33-34-32-27/h6-7,9-14,18,23,37H,5,8,15-17H2,1-4H3,(H,31,32,33,34). The van der Waals surface area contributed by atoms with Gasteiger partial charge in [-0.1, -0.05) is 55.5 Å². The molecule has 11 nitrogen and oxygen atoms in total. The van der Waals surface area contributed by atoms with Crippen LogP contribution in [0.5, 0.6) is 0 Å². The van der Waals surface area contributed by atoms with Crippen LogP contribution < -0.4 is 0 Å². The number of ether oxygens (including phenoxy) is 3. The highest BCUT2D eigenvalue weighted by molar-refractivity contribution is 5.89. The Balaban J connectivity index is 1.46. The first kappa shape index (κ1) is 27.6. The van der Waals surface area contributed by atoms with Crippen LogP contribution >= 0.6 is 0 Å². The highest BCUT2D eigenvalue weighted by Gasteiger charge is 2.34. The minimum atomic E-state index is -1.34. The molecule has 2 atom stereocenters. The lowest BCUT2D eigenvalue weighted by molar-refractivity contribution is 0.00608. The third-order valence-electron chi connectivity index (χ3n) is 6.93. The molecule has 210 valence electrons. The number of aromatic amines is 1. The number of hydrogen-bond donors (Lipinski definition) is 2. The molecular formula is C29H34N6O5. The first-order chi connectivity index (χ1) is 19.3. The molecule has 1 aliphatic rings. The normalized spacial score (nSPS) is 17.3. The Morgan fingerprint density at radius 1 is 1.15 bits per heavy atom. The topological polar surface area (TPSA) is 137 Å². The Kier molecular flexibility index (Phi) is 8.06. The van der Waals surface area contributed by atoms with Gasteiger partial charge in [0, 0.05) is 18.5 Å². The van der Waals surface area contributed by atoms with E-state index in [1.807, 2.05) is 60.0 Å². The summed E-state index contributed by atoms with van der Waals surface area (Å²) in [7, 11) is 0. The molecule has 3 heterocycles. The molecule has 1 fully saturated rings. The fraction of sp³-hybridized carbons (Fsp3) is 0.414. The molecule has 2 N–H and O–H groups in total. The maximum atomic E-state index is 13.5. The Morgan fingerprint density at radius 2 is 1.90 bits per heavy atom. The van der Waals surface area contributed by atoms with Crippen molar-refractivity contribution in [3.8, 4) is 22.5 Å². The second-order valence-electron chi connectivity index (χ2n) is 10.4. The first-order valence-corrected chi connectivity index (χ1v) is 13.4. The number of rotatable bonds is 10. The maximum absolute atomic E-state index is 13.5. The molecule has 0 radical (unpaired) electrons. The molecule has 0 spiro atoms. The largest absolute Gasteiger partial charge is 0.458 e. The molecule has 1 saturated heterocycles. The molecule has 1 aliphatic heterocycles. The fourth-order valence-corrected chi connectivity index (χ4v) is 4.78. The summed E-state index contributed by atoms with van der Waals surface area (Å²) in [5, 5.41) is 25.4. The van der Waals surface area contributed by atoms with Gasteiger partial charge < -0.3 is 23.9 Å². The zero-order chi connectivity index (χ0) is 28.3. The summed E-state index contributed by atoms with van der Waals surface area (Å²) in [5.74, 6) is 0.681. The van der Waals surface area contributed by atoms with Crippen molar-refractivity contribution < 1.29 is 24.1 Å². The number of hydrogen-bond acceptors (Lipinski definition) is 9. The van der Waals surface area contributed by atoms with Crippen molar-refractivity contribution in [1.82, 2.24) is 30.2 Å². The van der Waals surface area contributed by atoms with E-state index in [1.54, 1.807) is 13.8 Å². The molecule has 2 aromatic carbocycles. The van der Waals surface area contributed by atoms with Gasteiger partial charge >= 0.3 is 5.97 Å². The van der Waals surface area contributed by atoms with E-state index >= 15 is 0 Å². The van der Waals surface area contributed by atoms with Crippen LogP contribution in [0.1, 0.15) is 61.7 Å². The monoisotopic (exact) mass is 546 g/mol. The maximum Gasteiger partial charge on any atom is 0.357 e. The Morgan fingerprint density at radius 3 is 2.52 bits per heavy atom. The van der Waals surface area contributed by atoms with Crippen molar-refractivity contribution in [2.24, 2.45) is 0 Å². The minimum absolute atomic E-state index is 0.0497. The van der Waals surface area contributed by atoms with E-state index in [-0.39, 0.29) is 31.3 Å². The van der Waals surface area contributed by atoms with Crippen LogP contribution in [0.25, 0.3) is 22.5 Å². The van der Waals surface area contributed by atoms with Crippen molar-refractivity contribution >= 4 is 5.97 Å². The number of esters is 1. The Hall–Kier alpha value is -3.93. The highest BCUT2D eigenvalue weighted by Crippen LogP contribution is 2.31. The van der Waals surface area contributed by atoms with Gasteiger partial charge in [0.15, 0.2) is 5.69 Å². The number of carbonyl (C=O) groups excluding carboxylic acids is 1. The van der Waals surface area contributed by atoms with E-state index in [2.05, 4.69) is 27.5 Å². The van der Waals surface area contributed by atoms with Gasteiger partial charge in [-0.15, -0.1) is 10.2 Å². The molecule has 0 bridgehead atoms. The van der Waals surface area contributed by atoms with E-state index < -0.39 is 11.6 Å². The zero-order valence-electron chi connectivity index (χ0n) is 23.1. The van der Waals surface area contributed by atoms with Crippen LogP contribution in [0.2, 0.25) is 0 Å². The number of aliphatic hydroxyl groups is 1. The average Bonchev–Trinajstić information content (AvgIpc) is 3.69. The van der Waals surface area contributed by atoms with Crippen molar-refractivity contribution in [3.63, 3.8) is 0 Å². The molecule has 40 heavy (non-hydrogen) atoms. The predicted octanol–water partition coefficient (Wildman–Crippen LogP) is 3.88. The Labute approximate surface area is 232 Å². The minimum Gasteiger partial charge on any atom is -0.458 e. The van der Waals surface area contributed by atoms with Crippen LogP contribution in [0.3, 0.4) is 0 Å². The van der Waals surface area contributed by atoms with Gasteiger partial charge in [-0.2, -0.15) is 5.21 Å². The average molecular weight is 547 g/mol. The molecule has 2 unspecified atom stereocenters. The zero-order valence-corrected chi connectivity index (χ0v) is 23.1. The van der Waals surface area contributed by atoms with Crippen LogP contribution in [-0.2, 0) is 32.8 Å². The molecule has 11 heteroatoms. The third-order valence-corrected chi connectivity index (χ3v) is 6.93. The number of H-pyrrole nitrogens is 1. The lowest BCUT2D eigenvalue weighted by Gasteiger charge is -2.19. The van der Waals surface area contributed by atoms with E-state index in [0.717, 1.165) is 28.7 Å². The summed E-state index contributed by atoms with van der Waals surface area (Å²) in [6, 6.07) is 16.0. The van der Waals surface area contributed by atoms with Crippen molar-refractivity contribution in [3.05, 3.63) is 71.3 Å². The summed E-state index contributed by atoms with van der Waals surface area (Å²) in [6.45, 7) is 7.78. The Bertz CT molecular complexity index is 1440. The van der Waals surface area contributed by atoms with Crippen molar-refractivity contribution in [2.45, 2.75) is 64.9 Å². The second-order valence-corrected chi connectivity index (χ2v) is 10.4. The van der Waals surface area contributed by atoms with Gasteiger partial charge in [-0.3, -0.25) is 0 Å². The molecule has 0 amide bonds. The number of carbonyl (C=O) groups is 1. The third kappa shape index (κ3) is 5.81. The predicted molar refractivity (Wildman–Crippen MR) is 146 cm³/mol. The van der Waals surface area contributed by atoms with Gasteiger partial charge in [-0.25, -0.2) is 9.78 Å². The van der Waals surface area contributed by atoms with Gasteiger partial charge in [-0.05, 0) is 49.1 Å². The van der Waals surface area contributed by atoms with Gasteiger partial charge in [0.25, 0.3) is 0 Å². The number of tetrazole rings is 1. The van der Waals surface area contributed by atoms with Crippen LogP contribution in [0.4, 0.5) is 0 Å². The van der Waals surface area contributed by atoms with E-state index in [9.17, 15) is 9.90 Å². The van der Waals surface area contributed by atoms with E-state index in [1.165, 1.54) is 0 Å². The summed E-state index contributed by atoms with van der Waals surface area (Å²) in [5.41, 5.74) is 3.00. The fourth-order valence-electron chi connectivity index (χ4n) is 4.78. The molecule has 0 saturated carbocycles. The highest BCUT2D eigenvalue weighted by atomic mass is 16.7. The summed E-state index contributed by atoms with van der Waals surface area (Å²) < 4.78 is 18.5. The van der Waals surface area contributed by atoms with Crippen molar-refractivity contribution in [2.75, 3.05) is 13.4 Å². The van der Waals surface area contributed by atoms with Gasteiger partial charge in [0.1, 0.15) is 36.6 Å². The van der Waals surface area contributed by atoms with Crippen molar-refractivity contribution in [1.29, 1.82) is 0 Å². The van der Waals surface area contributed by atoms with Crippen LogP contribution in [0, 0.1) is 0 Å². The molecule has 5 rings (SSSR count). The van der Waals surface area contributed by atoms with E-state index in [4.69, 9.17) is 19.2 Å². The van der Waals surface area contributed by atoms with Gasteiger partial charge in [0.2, 0.25) is 5.82 Å². The summed E-state index contributed by atoms with van der Waals surface area (Å²) in [4.78, 5) is 18.2. The summed E-state index contributed by atoms with van der Waals surface area (Å²) in [6.07, 6.45) is 0.950. The SMILES string of the molecule is CCCc1nc(C(C)(C)O)c(C(=O)OCC2OCOC2C)n1Cc1ccc(-c2ccccc2-c2nn[nH]n2)cc1. The second kappa shape index (κ2) is 11.7. The van der Waals surface area contributed by atoms with Crippen LogP contribution in [-0.4, -0.2) is 66.9 Å². The number of imidazole rings is 1. The lowest BCUT2D eigenvalue weighted by Crippen LogP contribution is -2.29. The lowest BCUT2D eigenvalue weighted by atomic mass is 9.98.